The van der Waals surface area contributed by atoms with E-state index in [2.05, 4.69) is 61.7 Å². The van der Waals surface area contributed by atoms with Crippen LogP contribution in [0.5, 0.6) is 0 Å². The third kappa shape index (κ3) is 2.78. The average molecular weight is 373 g/mol. The van der Waals surface area contributed by atoms with E-state index in [1.54, 1.807) is 0 Å². The number of pyridine rings is 2. The van der Waals surface area contributed by atoms with Crippen molar-refractivity contribution in [1.29, 1.82) is 0 Å². The van der Waals surface area contributed by atoms with Crippen molar-refractivity contribution in [2.75, 3.05) is 7.05 Å². The topological polar surface area (TPSA) is 34.0 Å². The van der Waals surface area contributed by atoms with E-state index in [0.29, 0.717) is 6.04 Å². The first-order valence-corrected chi connectivity index (χ1v) is 10.4. The summed E-state index contributed by atoms with van der Waals surface area (Å²) in [6.45, 7) is 7.53. The summed E-state index contributed by atoms with van der Waals surface area (Å²) >= 11 is 0. The molecule has 1 unspecified atom stereocenters. The summed E-state index contributed by atoms with van der Waals surface area (Å²) in [6, 6.07) is 7.24. The van der Waals surface area contributed by atoms with Crippen LogP contribution in [0.2, 0.25) is 0 Å². The van der Waals surface area contributed by atoms with Gasteiger partial charge in [-0.1, -0.05) is 6.07 Å². The molecular formula is C24H28N4. The maximum absolute atomic E-state index is 4.86. The molecule has 1 aliphatic carbocycles. The molecule has 0 fully saturated rings. The second-order valence-corrected chi connectivity index (χ2v) is 8.60. The van der Waals surface area contributed by atoms with Crippen molar-refractivity contribution in [3.05, 3.63) is 58.2 Å². The van der Waals surface area contributed by atoms with Gasteiger partial charge in [-0.2, -0.15) is 0 Å². The predicted octanol–water partition coefficient (Wildman–Crippen LogP) is 4.76. The van der Waals surface area contributed by atoms with Crippen LogP contribution in [0.1, 0.15) is 53.5 Å². The highest BCUT2D eigenvalue weighted by Crippen LogP contribution is 2.35. The summed E-state index contributed by atoms with van der Waals surface area (Å²) in [4.78, 5) is 12.1. The standard InChI is InChI=1S/C24H28N4/c1-15-10-20-21-14-27(4)17(3)11-23(21)28(24(20)25-12-15)13-18-6-5-7-22-19(18)9-8-16(2)26-22/h8-10,12-13,17H,5-7,11,14H2,1-4H3/b18-13+. The third-order valence-electron chi connectivity index (χ3n) is 6.45. The number of hydrogen-bond acceptors (Lipinski definition) is 3. The summed E-state index contributed by atoms with van der Waals surface area (Å²) in [5.41, 5.74) is 10.3. The van der Waals surface area contributed by atoms with E-state index in [4.69, 9.17) is 9.97 Å². The lowest BCUT2D eigenvalue weighted by Gasteiger charge is -2.30. The van der Waals surface area contributed by atoms with Crippen LogP contribution in [-0.2, 0) is 19.4 Å². The van der Waals surface area contributed by atoms with Gasteiger partial charge in [0.05, 0.1) is 0 Å². The fourth-order valence-electron chi connectivity index (χ4n) is 4.75. The van der Waals surface area contributed by atoms with Crippen LogP contribution < -0.4 is 0 Å². The van der Waals surface area contributed by atoms with Gasteiger partial charge in [-0.25, -0.2) is 4.98 Å². The fraction of sp³-hybridized carbons (Fsp3) is 0.417. The van der Waals surface area contributed by atoms with Crippen molar-refractivity contribution in [1.82, 2.24) is 19.4 Å². The molecule has 0 radical (unpaired) electrons. The molecule has 3 aromatic rings. The van der Waals surface area contributed by atoms with Gasteiger partial charge in [0, 0.05) is 59.4 Å². The lowest BCUT2D eigenvalue weighted by Crippen LogP contribution is -2.35. The van der Waals surface area contributed by atoms with Gasteiger partial charge in [-0.05, 0) is 75.9 Å². The second-order valence-electron chi connectivity index (χ2n) is 8.60. The quantitative estimate of drug-likeness (QED) is 0.618. The van der Waals surface area contributed by atoms with Gasteiger partial charge in [0.2, 0.25) is 0 Å². The molecule has 0 aromatic carbocycles. The van der Waals surface area contributed by atoms with Crippen molar-refractivity contribution in [2.45, 2.75) is 59.0 Å². The highest BCUT2D eigenvalue weighted by molar-refractivity contribution is 5.88. The first kappa shape index (κ1) is 17.6. The molecule has 5 rings (SSSR count). The first-order chi connectivity index (χ1) is 13.5. The molecule has 0 saturated carbocycles. The molecule has 144 valence electrons. The van der Waals surface area contributed by atoms with E-state index in [-0.39, 0.29) is 0 Å². The zero-order valence-corrected chi connectivity index (χ0v) is 17.3. The van der Waals surface area contributed by atoms with Gasteiger partial charge in [0.15, 0.2) is 0 Å². The summed E-state index contributed by atoms with van der Waals surface area (Å²) in [7, 11) is 2.23. The van der Waals surface area contributed by atoms with Crippen LogP contribution >= 0.6 is 0 Å². The van der Waals surface area contributed by atoms with Crippen LogP contribution in [0.4, 0.5) is 0 Å². The number of allylic oxidation sites excluding steroid dienone is 1. The molecule has 4 heteroatoms. The number of hydrogen-bond donors (Lipinski definition) is 0. The predicted molar refractivity (Wildman–Crippen MR) is 115 cm³/mol. The molecule has 4 nitrogen and oxygen atoms in total. The Bertz CT molecular complexity index is 1110. The second kappa shape index (κ2) is 6.56. The molecule has 0 saturated heterocycles. The molecule has 0 amide bonds. The maximum atomic E-state index is 4.86. The minimum absolute atomic E-state index is 0.540. The lowest BCUT2D eigenvalue weighted by atomic mass is 9.91. The molecule has 3 aromatic heterocycles. The zero-order chi connectivity index (χ0) is 19.4. The minimum atomic E-state index is 0.540. The summed E-state index contributed by atoms with van der Waals surface area (Å²) < 4.78 is 2.39. The number of fused-ring (bicyclic) bond motifs is 4. The van der Waals surface area contributed by atoms with Gasteiger partial charge in [-0.3, -0.25) is 9.88 Å². The van der Waals surface area contributed by atoms with Crippen LogP contribution in [0.15, 0.2) is 24.4 Å². The van der Waals surface area contributed by atoms with Crippen LogP contribution in [0.25, 0.3) is 22.8 Å². The Hall–Kier alpha value is -2.46. The third-order valence-corrected chi connectivity index (χ3v) is 6.45. The summed E-state index contributed by atoms with van der Waals surface area (Å²) in [5.74, 6) is 0. The molecular weight excluding hydrogens is 344 g/mol. The molecule has 28 heavy (non-hydrogen) atoms. The Morgan fingerprint density at radius 3 is 2.89 bits per heavy atom. The number of likely N-dealkylation sites (N-methyl/N-ethyl adjacent to an activating group) is 1. The Kier molecular flexibility index (Phi) is 4.13. The van der Waals surface area contributed by atoms with Gasteiger partial charge < -0.3 is 4.57 Å². The molecule has 2 aliphatic rings. The Morgan fingerprint density at radius 2 is 2.04 bits per heavy atom. The number of nitrogens with zero attached hydrogens (tertiary/aromatic N) is 4. The summed E-state index contributed by atoms with van der Waals surface area (Å²) in [5, 5.41) is 1.31. The first-order valence-electron chi connectivity index (χ1n) is 10.4. The zero-order valence-electron chi connectivity index (χ0n) is 17.3. The molecule has 0 bridgehead atoms. The van der Waals surface area contributed by atoms with Crippen molar-refractivity contribution in [3.8, 4) is 0 Å². The van der Waals surface area contributed by atoms with Gasteiger partial charge in [0.25, 0.3) is 0 Å². The molecule has 1 aliphatic heterocycles. The number of rotatable bonds is 1. The van der Waals surface area contributed by atoms with Crippen molar-refractivity contribution in [2.24, 2.45) is 0 Å². The van der Waals surface area contributed by atoms with E-state index < -0.39 is 0 Å². The van der Waals surface area contributed by atoms with E-state index in [1.807, 2.05) is 6.20 Å². The highest BCUT2D eigenvalue weighted by Gasteiger charge is 2.27. The SMILES string of the molecule is Cc1cnc2c(c1)c1c(n2/C=C2\CCCc3nc(C)ccc32)CC(C)N(C)C1. The van der Waals surface area contributed by atoms with E-state index >= 15 is 0 Å². The average Bonchev–Trinajstić information content (AvgIpc) is 2.94. The van der Waals surface area contributed by atoms with Crippen molar-refractivity contribution >= 4 is 22.8 Å². The maximum Gasteiger partial charge on any atom is 0.144 e. The van der Waals surface area contributed by atoms with E-state index in [9.17, 15) is 0 Å². The molecule has 0 N–H and O–H groups in total. The monoisotopic (exact) mass is 372 g/mol. The van der Waals surface area contributed by atoms with E-state index in [1.165, 1.54) is 45.5 Å². The molecule has 4 heterocycles. The normalized spacial score (nSPS) is 21.1. The lowest BCUT2D eigenvalue weighted by molar-refractivity contribution is 0.230. The summed E-state index contributed by atoms with van der Waals surface area (Å²) in [6.07, 6.45) is 8.77. The Balaban J connectivity index is 1.73. The highest BCUT2D eigenvalue weighted by atomic mass is 15.2. The Labute approximate surface area is 166 Å². The van der Waals surface area contributed by atoms with Crippen molar-refractivity contribution in [3.63, 3.8) is 0 Å². The number of aromatic nitrogens is 3. The van der Waals surface area contributed by atoms with Crippen LogP contribution in [0.3, 0.4) is 0 Å². The minimum Gasteiger partial charge on any atom is -0.304 e. The molecule has 0 spiro atoms. The number of aryl methyl sites for hydroxylation is 3. The van der Waals surface area contributed by atoms with Gasteiger partial charge in [-0.15, -0.1) is 0 Å². The largest absolute Gasteiger partial charge is 0.304 e. The fourth-order valence-corrected chi connectivity index (χ4v) is 4.75. The van der Waals surface area contributed by atoms with Gasteiger partial charge >= 0.3 is 0 Å². The smallest absolute Gasteiger partial charge is 0.144 e. The molecule has 1 atom stereocenters. The Morgan fingerprint density at radius 1 is 1.18 bits per heavy atom. The van der Waals surface area contributed by atoms with Crippen LogP contribution in [-0.4, -0.2) is 32.5 Å². The van der Waals surface area contributed by atoms with Crippen molar-refractivity contribution < 1.29 is 0 Å². The van der Waals surface area contributed by atoms with Gasteiger partial charge in [0.1, 0.15) is 5.65 Å². The van der Waals surface area contributed by atoms with Crippen LogP contribution in [0, 0.1) is 13.8 Å². The van der Waals surface area contributed by atoms with E-state index in [0.717, 1.165) is 37.1 Å².